The van der Waals surface area contributed by atoms with Crippen molar-refractivity contribution in [1.82, 2.24) is 4.98 Å². The summed E-state index contributed by atoms with van der Waals surface area (Å²) in [5.41, 5.74) is 1.62. The molecular weight excluding hydrogens is 307 g/mol. The van der Waals surface area contributed by atoms with Gasteiger partial charge in [0.15, 0.2) is 0 Å². The van der Waals surface area contributed by atoms with E-state index in [1.54, 1.807) is 18.3 Å². The average molecular weight is 322 g/mol. The zero-order valence-corrected chi connectivity index (χ0v) is 12.8. The van der Waals surface area contributed by atoms with Gasteiger partial charge in [-0.15, -0.1) is 0 Å². The first kappa shape index (κ1) is 15.7. The zero-order chi connectivity index (χ0) is 16.8. The number of hydrogen-bond donors (Lipinski definition) is 1. The standard InChI is InChI=1S/C19H15FN2O2/c20-15-8-9-18(24-13-14-5-2-1-3-6-14)17(11-15)19(23)22-16-7-4-10-21-12-16/h1-12H,13H2,(H,22,23). The number of halogens is 1. The van der Waals surface area contributed by atoms with Crippen molar-refractivity contribution >= 4 is 11.6 Å². The largest absolute Gasteiger partial charge is 0.488 e. The quantitative estimate of drug-likeness (QED) is 0.771. The van der Waals surface area contributed by atoms with E-state index >= 15 is 0 Å². The molecule has 1 amide bonds. The van der Waals surface area contributed by atoms with Crippen molar-refractivity contribution in [2.24, 2.45) is 0 Å². The maximum atomic E-state index is 13.6. The van der Waals surface area contributed by atoms with Gasteiger partial charge in [-0.05, 0) is 35.9 Å². The van der Waals surface area contributed by atoms with Gasteiger partial charge < -0.3 is 10.1 Å². The van der Waals surface area contributed by atoms with E-state index in [0.29, 0.717) is 18.0 Å². The molecule has 3 aromatic rings. The topological polar surface area (TPSA) is 51.2 Å². The Labute approximate surface area is 138 Å². The van der Waals surface area contributed by atoms with Gasteiger partial charge in [0.05, 0.1) is 17.4 Å². The van der Waals surface area contributed by atoms with Crippen molar-refractivity contribution in [3.8, 4) is 5.75 Å². The average Bonchev–Trinajstić information content (AvgIpc) is 2.62. The normalized spacial score (nSPS) is 10.2. The number of carbonyl (C=O) groups is 1. The lowest BCUT2D eigenvalue weighted by molar-refractivity contribution is 0.102. The van der Waals surface area contributed by atoms with Crippen LogP contribution in [0.5, 0.6) is 5.75 Å². The molecule has 0 saturated carbocycles. The third kappa shape index (κ3) is 3.95. The Hall–Kier alpha value is -3.21. The fraction of sp³-hybridized carbons (Fsp3) is 0.0526. The Kier molecular flexibility index (Phi) is 4.81. The van der Waals surface area contributed by atoms with Crippen LogP contribution in [0.4, 0.5) is 10.1 Å². The van der Waals surface area contributed by atoms with Gasteiger partial charge in [0.2, 0.25) is 0 Å². The van der Waals surface area contributed by atoms with Crippen LogP contribution in [0.25, 0.3) is 0 Å². The molecule has 0 unspecified atom stereocenters. The number of amides is 1. The number of ether oxygens (including phenoxy) is 1. The predicted octanol–water partition coefficient (Wildman–Crippen LogP) is 4.05. The fourth-order valence-corrected chi connectivity index (χ4v) is 2.18. The maximum Gasteiger partial charge on any atom is 0.259 e. The number of benzene rings is 2. The van der Waals surface area contributed by atoms with E-state index in [0.717, 1.165) is 11.6 Å². The van der Waals surface area contributed by atoms with E-state index in [2.05, 4.69) is 10.3 Å². The molecule has 120 valence electrons. The van der Waals surface area contributed by atoms with Gasteiger partial charge in [0, 0.05) is 6.20 Å². The van der Waals surface area contributed by atoms with Crippen molar-refractivity contribution in [2.45, 2.75) is 6.61 Å². The van der Waals surface area contributed by atoms with E-state index in [1.165, 1.54) is 18.3 Å². The molecular formula is C19H15FN2O2. The molecule has 0 radical (unpaired) electrons. The first-order chi connectivity index (χ1) is 11.7. The Balaban J connectivity index is 1.79. The van der Waals surface area contributed by atoms with Gasteiger partial charge in [-0.3, -0.25) is 9.78 Å². The third-order valence-corrected chi connectivity index (χ3v) is 3.34. The van der Waals surface area contributed by atoms with E-state index in [9.17, 15) is 9.18 Å². The minimum atomic E-state index is -0.501. The molecule has 0 atom stereocenters. The summed E-state index contributed by atoms with van der Waals surface area (Å²) < 4.78 is 19.3. The SMILES string of the molecule is O=C(Nc1cccnc1)c1cc(F)ccc1OCc1ccccc1. The van der Waals surface area contributed by atoms with Crippen LogP contribution in [-0.2, 0) is 6.61 Å². The number of anilines is 1. The molecule has 0 aliphatic carbocycles. The molecule has 0 spiro atoms. The van der Waals surface area contributed by atoms with Crippen LogP contribution >= 0.6 is 0 Å². The highest BCUT2D eigenvalue weighted by Gasteiger charge is 2.14. The summed E-state index contributed by atoms with van der Waals surface area (Å²) in [6, 6.07) is 16.8. The second-order valence-electron chi connectivity index (χ2n) is 5.11. The summed E-state index contributed by atoms with van der Waals surface area (Å²) in [5.74, 6) is -0.634. The molecule has 24 heavy (non-hydrogen) atoms. The van der Waals surface area contributed by atoms with E-state index in [4.69, 9.17) is 4.74 Å². The van der Waals surface area contributed by atoms with Gasteiger partial charge in [-0.25, -0.2) is 4.39 Å². The minimum absolute atomic E-state index is 0.134. The number of carbonyl (C=O) groups excluding carboxylic acids is 1. The second kappa shape index (κ2) is 7.37. The highest BCUT2D eigenvalue weighted by molar-refractivity contribution is 6.06. The maximum absolute atomic E-state index is 13.6. The van der Waals surface area contributed by atoms with Gasteiger partial charge in [-0.2, -0.15) is 0 Å². The summed E-state index contributed by atoms with van der Waals surface area (Å²) in [5, 5.41) is 2.68. The minimum Gasteiger partial charge on any atom is -0.488 e. The van der Waals surface area contributed by atoms with E-state index in [1.807, 2.05) is 30.3 Å². The van der Waals surface area contributed by atoms with Crippen LogP contribution in [0, 0.1) is 5.82 Å². The summed E-state index contributed by atoms with van der Waals surface area (Å²) in [7, 11) is 0. The first-order valence-electron chi connectivity index (χ1n) is 7.40. The van der Waals surface area contributed by atoms with Gasteiger partial charge >= 0.3 is 0 Å². The number of aromatic nitrogens is 1. The third-order valence-electron chi connectivity index (χ3n) is 3.34. The lowest BCUT2D eigenvalue weighted by Gasteiger charge is -2.12. The molecule has 3 rings (SSSR count). The Bertz CT molecular complexity index is 823. The smallest absolute Gasteiger partial charge is 0.259 e. The van der Waals surface area contributed by atoms with Crippen LogP contribution in [-0.4, -0.2) is 10.9 Å². The summed E-state index contributed by atoms with van der Waals surface area (Å²) in [6.07, 6.45) is 3.12. The second-order valence-corrected chi connectivity index (χ2v) is 5.11. The molecule has 0 aliphatic rings. The number of pyridine rings is 1. The van der Waals surface area contributed by atoms with Gasteiger partial charge in [0.1, 0.15) is 18.2 Å². The molecule has 2 aromatic carbocycles. The predicted molar refractivity (Wildman–Crippen MR) is 89.4 cm³/mol. The summed E-state index contributed by atoms with van der Waals surface area (Å²) >= 11 is 0. The van der Waals surface area contributed by atoms with Crippen molar-refractivity contribution < 1.29 is 13.9 Å². The van der Waals surface area contributed by atoms with Crippen LogP contribution in [0.1, 0.15) is 15.9 Å². The van der Waals surface area contributed by atoms with Crippen molar-refractivity contribution in [3.63, 3.8) is 0 Å². The Morgan fingerprint density at radius 2 is 1.92 bits per heavy atom. The molecule has 5 heteroatoms. The zero-order valence-electron chi connectivity index (χ0n) is 12.8. The molecule has 0 bridgehead atoms. The number of hydrogen-bond acceptors (Lipinski definition) is 3. The van der Waals surface area contributed by atoms with Crippen LogP contribution in [0.15, 0.2) is 73.1 Å². The van der Waals surface area contributed by atoms with Gasteiger partial charge in [-0.1, -0.05) is 30.3 Å². The van der Waals surface area contributed by atoms with Crippen molar-refractivity contribution in [3.05, 3.63) is 90.0 Å². The van der Waals surface area contributed by atoms with E-state index in [-0.39, 0.29) is 5.56 Å². The van der Waals surface area contributed by atoms with E-state index < -0.39 is 11.7 Å². The van der Waals surface area contributed by atoms with Crippen LogP contribution in [0.3, 0.4) is 0 Å². The highest BCUT2D eigenvalue weighted by atomic mass is 19.1. The van der Waals surface area contributed by atoms with Crippen LogP contribution in [0.2, 0.25) is 0 Å². The summed E-state index contributed by atoms with van der Waals surface area (Å²) in [4.78, 5) is 16.3. The first-order valence-corrected chi connectivity index (χ1v) is 7.40. The highest BCUT2D eigenvalue weighted by Crippen LogP contribution is 2.22. The monoisotopic (exact) mass is 322 g/mol. The molecule has 0 fully saturated rings. The molecule has 1 aromatic heterocycles. The molecule has 1 heterocycles. The van der Waals surface area contributed by atoms with Crippen molar-refractivity contribution in [1.29, 1.82) is 0 Å². The molecule has 0 aliphatic heterocycles. The molecule has 4 nitrogen and oxygen atoms in total. The molecule has 0 saturated heterocycles. The van der Waals surface area contributed by atoms with Crippen molar-refractivity contribution in [2.75, 3.05) is 5.32 Å². The number of nitrogens with zero attached hydrogens (tertiary/aromatic N) is 1. The lowest BCUT2D eigenvalue weighted by Crippen LogP contribution is -2.14. The molecule has 1 N–H and O–H groups in total. The summed E-state index contributed by atoms with van der Waals surface area (Å²) in [6.45, 7) is 0.291. The Morgan fingerprint density at radius 1 is 1.08 bits per heavy atom. The van der Waals surface area contributed by atoms with Crippen LogP contribution < -0.4 is 10.1 Å². The number of nitrogens with one attached hydrogen (secondary N) is 1. The van der Waals surface area contributed by atoms with Gasteiger partial charge in [0.25, 0.3) is 5.91 Å². The Morgan fingerprint density at radius 3 is 2.67 bits per heavy atom. The fourth-order valence-electron chi connectivity index (χ4n) is 2.18. The number of rotatable bonds is 5. The lowest BCUT2D eigenvalue weighted by atomic mass is 10.1.